The summed E-state index contributed by atoms with van der Waals surface area (Å²) in [5, 5.41) is 17.7. The molecule has 1 aromatic rings. The highest BCUT2D eigenvalue weighted by atomic mass is 16.6. The smallest absolute Gasteiger partial charge is 0.320 e. The van der Waals surface area contributed by atoms with E-state index in [9.17, 15) is 9.59 Å². The van der Waals surface area contributed by atoms with Crippen LogP contribution in [0, 0.1) is 11.3 Å². The number of ether oxygens (including phenoxy) is 1. The van der Waals surface area contributed by atoms with Crippen molar-refractivity contribution in [2.24, 2.45) is 0 Å². The van der Waals surface area contributed by atoms with Gasteiger partial charge in [-0.2, -0.15) is 5.26 Å². The van der Waals surface area contributed by atoms with Gasteiger partial charge in [-0.05, 0) is 38.5 Å². The second-order valence-electron chi connectivity index (χ2n) is 5.93. The average Bonchev–Trinajstić information content (AvgIpc) is 2.36. The molecule has 0 aliphatic heterocycles. The molecule has 0 radical (unpaired) electrons. The number of aliphatic carboxylic acids is 1. The van der Waals surface area contributed by atoms with Gasteiger partial charge in [-0.15, -0.1) is 0 Å². The molecule has 0 aromatic heterocycles. The number of benzene rings is 1. The van der Waals surface area contributed by atoms with Crippen molar-refractivity contribution in [3.05, 3.63) is 35.4 Å². The van der Waals surface area contributed by atoms with Gasteiger partial charge in [0, 0.05) is 6.54 Å². The van der Waals surface area contributed by atoms with Gasteiger partial charge in [-0.1, -0.05) is 12.1 Å². The van der Waals surface area contributed by atoms with Crippen molar-refractivity contribution in [2.75, 3.05) is 13.1 Å². The third-order valence-electron chi connectivity index (χ3n) is 2.62. The number of hydrogen-bond donors (Lipinski definition) is 1. The van der Waals surface area contributed by atoms with Gasteiger partial charge in [0.1, 0.15) is 5.60 Å². The minimum atomic E-state index is -1.02. The first-order chi connectivity index (χ1) is 10.2. The van der Waals surface area contributed by atoms with Crippen LogP contribution in [0.4, 0.5) is 0 Å². The first-order valence-electron chi connectivity index (χ1n) is 6.84. The molecule has 0 amide bonds. The molecule has 1 aromatic carbocycles. The molecular formula is C16H20N2O4. The Morgan fingerprint density at radius 2 is 1.82 bits per heavy atom. The van der Waals surface area contributed by atoms with Gasteiger partial charge in [0.2, 0.25) is 0 Å². The van der Waals surface area contributed by atoms with Gasteiger partial charge in [-0.3, -0.25) is 14.5 Å². The van der Waals surface area contributed by atoms with E-state index >= 15 is 0 Å². The van der Waals surface area contributed by atoms with E-state index in [0.717, 1.165) is 5.56 Å². The minimum absolute atomic E-state index is 0.108. The molecule has 1 rings (SSSR count). The molecule has 0 spiro atoms. The lowest BCUT2D eigenvalue weighted by Crippen LogP contribution is -2.37. The second-order valence-corrected chi connectivity index (χ2v) is 5.93. The molecule has 0 saturated heterocycles. The number of esters is 1. The van der Waals surface area contributed by atoms with E-state index in [1.165, 1.54) is 4.90 Å². The van der Waals surface area contributed by atoms with Crippen molar-refractivity contribution in [3.63, 3.8) is 0 Å². The standard InChI is InChI=1S/C16H20N2O4/c1-16(2,3)22-15(21)11-18(10-14(19)20)9-13-6-4-12(8-17)5-7-13/h4-7H,9-11H2,1-3H3,(H,19,20). The predicted octanol–water partition coefficient (Wildman–Crippen LogP) is 1.79. The molecule has 22 heavy (non-hydrogen) atoms. The Labute approximate surface area is 129 Å². The van der Waals surface area contributed by atoms with Gasteiger partial charge in [-0.25, -0.2) is 0 Å². The van der Waals surface area contributed by atoms with Crippen LogP contribution in [0.15, 0.2) is 24.3 Å². The molecule has 1 N–H and O–H groups in total. The zero-order valence-electron chi connectivity index (χ0n) is 13.0. The fraction of sp³-hybridized carbons (Fsp3) is 0.438. The van der Waals surface area contributed by atoms with Crippen molar-refractivity contribution in [1.29, 1.82) is 5.26 Å². The largest absolute Gasteiger partial charge is 0.480 e. The first-order valence-corrected chi connectivity index (χ1v) is 6.84. The first kappa shape index (κ1) is 17.7. The number of rotatable bonds is 6. The number of hydrogen-bond acceptors (Lipinski definition) is 5. The van der Waals surface area contributed by atoms with Crippen LogP contribution >= 0.6 is 0 Å². The highest BCUT2D eigenvalue weighted by Crippen LogP contribution is 2.10. The minimum Gasteiger partial charge on any atom is -0.480 e. The molecule has 6 nitrogen and oxygen atoms in total. The molecule has 0 atom stereocenters. The van der Waals surface area contributed by atoms with Crippen LogP contribution in [0.5, 0.6) is 0 Å². The number of carbonyl (C=O) groups is 2. The molecule has 0 fully saturated rings. The van der Waals surface area contributed by atoms with E-state index in [2.05, 4.69) is 0 Å². The van der Waals surface area contributed by atoms with Crippen LogP contribution < -0.4 is 0 Å². The fourth-order valence-electron chi connectivity index (χ4n) is 1.86. The van der Waals surface area contributed by atoms with Crippen LogP contribution in [0.2, 0.25) is 0 Å². The van der Waals surface area contributed by atoms with Crippen LogP contribution in [0.1, 0.15) is 31.9 Å². The SMILES string of the molecule is CC(C)(C)OC(=O)CN(CC(=O)O)Cc1ccc(C#N)cc1. The van der Waals surface area contributed by atoms with Gasteiger partial charge in [0.25, 0.3) is 0 Å². The summed E-state index contributed by atoms with van der Waals surface area (Å²) in [6.07, 6.45) is 0. The number of nitrogens with zero attached hydrogens (tertiary/aromatic N) is 2. The maximum atomic E-state index is 11.8. The quantitative estimate of drug-likeness (QED) is 0.806. The van der Waals surface area contributed by atoms with Crippen molar-refractivity contribution in [2.45, 2.75) is 32.9 Å². The van der Waals surface area contributed by atoms with E-state index in [1.807, 2.05) is 6.07 Å². The number of carboxylic acids is 1. The van der Waals surface area contributed by atoms with Gasteiger partial charge in [0.15, 0.2) is 0 Å². The fourth-order valence-corrected chi connectivity index (χ4v) is 1.86. The molecule has 0 aliphatic rings. The predicted molar refractivity (Wildman–Crippen MR) is 79.9 cm³/mol. The Kier molecular flexibility index (Phi) is 6.08. The van der Waals surface area contributed by atoms with Gasteiger partial charge >= 0.3 is 11.9 Å². The van der Waals surface area contributed by atoms with Crippen molar-refractivity contribution < 1.29 is 19.4 Å². The Hall–Kier alpha value is -2.39. The summed E-state index contributed by atoms with van der Waals surface area (Å²) in [6, 6.07) is 8.80. The summed E-state index contributed by atoms with van der Waals surface area (Å²) in [4.78, 5) is 24.3. The zero-order valence-corrected chi connectivity index (χ0v) is 13.0. The van der Waals surface area contributed by atoms with E-state index in [0.29, 0.717) is 5.56 Å². The maximum absolute atomic E-state index is 11.8. The molecule has 0 aliphatic carbocycles. The average molecular weight is 304 g/mol. The molecule has 6 heteroatoms. The van der Waals surface area contributed by atoms with Crippen LogP contribution in [0.25, 0.3) is 0 Å². The van der Waals surface area contributed by atoms with Crippen molar-refractivity contribution >= 4 is 11.9 Å². The number of carbonyl (C=O) groups excluding carboxylic acids is 1. The summed E-state index contributed by atoms with van der Waals surface area (Å²) in [6.45, 7) is 5.19. The van der Waals surface area contributed by atoms with Crippen molar-refractivity contribution in [1.82, 2.24) is 4.90 Å². The lowest BCUT2D eigenvalue weighted by atomic mass is 10.1. The Bertz CT molecular complexity index is 567. The molecule has 0 saturated carbocycles. The third-order valence-corrected chi connectivity index (χ3v) is 2.62. The lowest BCUT2D eigenvalue weighted by Gasteiger charge is -2.24. The Morgan fingerprint density at radius 1 is 1.23 bits per heavy atom. The summed E-state index contributed by atoms with van der Waals surface area (Å²) in [5.41, 5.74) is 0.741. The number of nitriles is 1. The van der Waals surface area contributed by atoms with Gasteiger partial charge < -0.3 is 9.84 Å². The highest BCUT2D eigenvalue weighted by molar-refractivity contribution is 5.74. The summed E-state index contributed by atoms with van der Waals surface area (Å²) >= 11 is 0. The second kappa shape index (κ2) is 7.57. The normalized spacial score (nSPS) is 11.0. The highest BCUT2D eigenvalue weighted by Gasteiger charge is 2.20. The summed E-state index contributed by atoms with van der Waals surface area (Å²) in [5.74, 6) is -1.49. The van der Waals surface area contributed by atoms with Crippen LogP contribution in [-0.2, 0) is 20.9 Å². The van der Waals surface area contributed by atoms with Crippen LogP contribution in [0.3, 0.4) is 0 Å². The Morgan fingerprint density at radius 3 is 2.27 bits per heavy atom. The zero-order chi connectivity index (χ0) is 16.8. The lowest BCUT2D eigenvalue weighted by molar-refractivity contribution is -0.156. The van der Waals surface area contributed by atoms with Crippen LogP contribution in [-0.4, -0.2) is 40.6 Å². The van der Waals surface area contributed by atoms with E-state index in [4.69, 9.17) is 15.1 Å². The number of carboxylic acid groups (broad SMARTS) is 1. The molecule has 0 bridgehead atoms. The molecule has 0 unspecified atom stereocenters. The van der Waals surface area contributed by atoms with E-state index < -0.39 is 17.5 Å². The van der Waals surface area contributed by atoms with Crippen molar-refractivity contribution in [3.8, 4) is 6.07 Å². The molecule has 0 heterocycles. The van der Waals surface area contributed by atoms with Gasteiger partial charge in [0.05, 0.1) is 24.7 Å². The summed E-state index contributed by atoms with van der Waals surface area (Å²) in [7, 11) is 0. The molecular weight excluding hydrogens is 284 g/mol. The summed E-state index contributed by atoms with van der Waals surface area (Å²) < 4.78 is 5.21. The monoisotopic (exact) mass is 304 g/mol. The maximum Gasteiger partial charge on any atom is 0.320 e. The Balaban J connectivity index is 2.73. The third kappa shape index (κ3) is 6.86. The van der Waals surface area contributed by atoms with E-state index in [1.54, 1.807) is 45.0 Å². The van der Waals surface area contributed by atoms with E-state index in [-0.39, 0.29) is 19.6 Å². The topological polar surface area (TPSA) is 90.6 Å². The molecule has 118 valence electrons.